The second-order valence-electron chi connectivity index (χ2n) is 3.86. The van der Waals surface area contributed by atoms with Crippen LogP contribution in [0.3, 0.4) is 0 Å². The third kappa shape index (κ3) is 2.45. The first-order valence-corrected chi connectivity index (χ1v) is 5.33. The van der Waals surface area contributed by atoms with Crippen molar-refractivity contribution in [2.45, 2.75) is 13.0 Å². The molecule has 94 valence electrons. The van der Waals surface area contributed by atoms with Crippen molar-refractivity contribution in [3.63, 3.8) is 0 Å². The number of nitrogens with zero attached hydrogens (tertiary/aromatic N) is 2. The van der Waals surface area contributed by atoms with Crippen molar-refractivity contribution >= 4 is 17.9 Å². The first-order chi connectivity index (χ1) is 8.58. The Morgan fingerprint density at radius 2 is 2.28 bits per heavy atom. The molecule has 7 nitrogen and oxygen atoms in total. The average molecular weight is 249 g/mol. The first-order valence-electron chi connectivity index (χ1n) is 5.33. The number of imide groups is 1. The second kappa shape index (κ2) is 4.82. The Bertz CT molecular complexity index is 515. The lowest BCUT2D eigenvalue weighted by Gasteiger charge is -2.26. The molecule has 0 unspecified atom stereocenters. The SMILES string of the molecule is O=C1CCN(Cc2cnccc2C(=O)O)C(=O)N1. The standard InChI is InChI=1S/C11H11N3O4/c15-9-2-4-14(11(18)13-9)6-7-5-12-3-1-8(7)10(16)17/h1,3,5H,2,4,6H2,(H,16,17)(H,13,15,18). The van der Waals surface area contributed by atoms with Gasteiger partial charge in [-0.2, -0.15) is 0 Å². The van der Waals surface area contributed by atoms with Gasteiger partial charge >= 0.3 is 12.0 Å². The number of pyridine rings is 1. The number of carboxylic acids is 1. The maximum Gasteiger partial charge on any atom is 0.336 e. The lowest BCUT2D eigenvalue weighted by Crippen LogP contribution is -2.49. The van der Waals surface area contributed by atoms with Crippen LogP contribution < -0.4 is 5.32 Å². The van der Waals surface area contributed by atoms with E-state index in [1.165, 1.54) is 23.4 Å². The number of aromatic carboxylic acids is 1. The van der Waals surface area contributed by atoms with E-state index < -0.39 is 12.0 Å². The van der Waals surface area contributed by atoms with Crippen LogP contribution in [0.2, 0.25) is 0 Å². The van der Waals surface area contributed by atoms with Crippen LogP contribution >= 0.6 is 0 Å². The summed E-state index contributed by atoms with van der Waals surface area (Å²) < 4.78 is 0. The molecule has 0 radical (unpaired) electrons. The molecule has 1 fully saturated rings. The van der Waals surface area contributed by atoms with Gasteiger partial charge in [0.15, 0.2) is 0 Å². The molecule has 18 heavy (non-hydrogen) atoms. The maximum absolute atomic E-state index is 11.5. The lowest BCUT2D eigenvalue weighted by molar-refractivity contribution is -0.121. The molecule has 1 aliphatic rings. The average Bonchev–Trinajstić information content (AvgIpc) is 2.33. The van der Waals surface area contributed by atoms with Gasteiger partial charge in [-0.1, -0.05) is 0 Å². The van der Waals surface area contributed by atoms with Crippen molar-refractivity contribution in [1.29, 1.82) is 0 Å². The number of carbonyl (C=O) groups is 3. The van der Waals surface area contributed by atoms with E-state index in [2.05, 4.69) is 10.3 Å². The van der Waals surface area contributed by atoms with Crippen molar-refractivity contribution in [2.75, 3.05) is 6.54 Å². The van der Waals surface area contributed by atoms with Gasteiger partial charge in [-0.05, 0) is 6.07 Å². The summed E-state index contributed by atoms with van der Waals surface area (Å²) >= 11 is 0. The van der Waals surface area contributed by atoms with Gasteiger partial charge in [0.25, 0.3) is 0 Å². The molecule has 7 heteroatoms. The summed E-state index contributed by atoms with van der Waals surface area (Å²) in [6, 6.07) is 0.872. The molecule has 1 aliphatic heterocycles. The monoisotopic (exact) mass is 249 g/mol. The summed E-state index contributed by atoms with van der Waals surface area (Å²) in [5.41, 5.74) is 0.546. The number of carbonyl (C=O) groups excluding carboxylic acids is 2. The molecule has 2 N–H and O–H groups in total. The fourth-order valence-electron chi connectivity index (χ4n) is 1.72. The summed E-state index contributed by atoms with van der Waals surface area (Å²) in [5, 5.41) is 11.2. The Morgan fingerprint density at radius 1 is 1.50 bits per heavy atom. The largest absolute Gasteiger partial charge is 0.478 e. The minimum absolute atomic E-state index is 0.106. The molecule has 1 saturated heterocycles. The van der Waals surface area contributed by atoms with Crippen molar-refractivity contribution < 1.29 is 19.5 Å². The van der Waals surface area contributed by atoms with Gasteiger partial charge in [0, 0.05) is 37.5 Å². The highest BCUT2D eigenvalue weighted by Crippen LogP contribution is 2.12. The van der Waals surface area contributed by atoms with Gasteiger partial charge in [-0.3, -0.25) is 15.1 Å². The van der Waals surface area contributed by atoms with E-state index >= 15 is 0 Å². The summed E-state index contributed by atoms with van der Waals surface area (Å²) in [6.07, 6.45) is 3.01. The minimum Gasteiger partial charge on any atom is -0.478 e. The van der Waals surface area contributed by atoms with Gasteiger partial charge in [0.1, 0.15) is 0 Å². The van der Waals surface area contributed by atoms with Gasteiger partial charge in [0.05, 0.1) is 5.56 Å². The summed E-state index contributed by atoms with van der Waals surface area (Å²) in [5.74, 6) is -1.39. The molecule has 0 aliphatic carbocycles. The molecule has 0 aromatic carbocycles. The third-order valence-electron chi connectivity index (χ3n) is 2.64. The topological polar surface area (TPSA) is 99.6 Å². The van der Waals surface area contributed by atoms with Gasteiger partial charge < -0.3 is 10.0 Å². The normalized spacial score (nSPS) is 15.4. The molecule has 2 heterocycles. The number of amides is 3. The van der Waals surface area contributed by atoms with Crippen LogP contribution in [-0.2, 0) is 11.3 Å². The van der Waals surface area contributed by atoms with Gasteiger partial charge in [-0.15, -0.1) is 0 Å². The Hall–Kier alpha value is -2.44. The zero-order valence-electron chi connectivity index (χ0n) is 9.42. The Balaban J connectivity index is 2.17. The van der Waals surface area contributed by atoms with Crippen LogP contribution in [0.5, 0.6) is 0 Å². The van der Waals surface area contributed by atoms with E-state index in [1.54, 1.807) is 0 Å². The zero-order valence-corrected chi connectivity index (χ0v) is 9.42. The summed E-state index contributed by atoms with van der Waals surface area (Å²) in [6.45, 7) is 0.396. The van der Waals surface area contributed by atoms with E-state index in [4.69, 9.17) is 5.11 Å². The number of nitrogens with one attached hydrogen (secondary N) is 1. The van der Waals surface area contributed by atoms with Crippen molar-refractivity contribution in [3.05, 3.63) is 29.6 Å². The fourth-order valence-corrected chi connectivity index (χ4v) is 1.72. The van der Waals surface area contributed by atoms with Crippen LogP contribution in [0.1, 0.15) is 22.3 Å². The summed E-state index contributed by atoms with van der Waals surface area (Å²) in [4.78, 5) is 38.7. The van der Waals surface area contributed by atoms with Crippen LogP contribution in [0.4, 0.5) is 4.79 Å². The van der Waals surface area contributed by atoms with Crippen LogP contribution in [-0.4, -0.2) is 39.4 Å². The van der Waals surface area contributed by atoms with E-state index in [-0.39, 0.29) is 31.0 Å². The molecular formula is C11H11N3O4. The molecule has 3 amide bonds. The number of carboxylic acid groups (broad SMARTS) is 1. The van der Waals surface area contributed by atoms with Gasteiger partial charge in [0.2, 0.25) is 5.91 Å². The molecule has 0 bridgehead atoms. The molecule has 1 aromatic heterocycles. The molecular weight excluding hydrogens is 238 g/mol. The van der Waals surface area contributed by atoms with E-state index in [0.29, 0.717) is 5.56 Å². The van der Waals surface area contributed by atoms with E-state index in [0.717, 1.165) is 0 Å². The first kappa shape index (κ1) is 12.0. The molecule has 0 spiro atoms. The lowest BCUT2D eigenvalue weighted by atomic mass is 10.1. The second-order valence-corrected chi connectivity index (χ2v) is 3.86. The molecule has 2 rings (SSSR count). The summed E-state index contributed by atoms with van der Waals surface area (Å²) in [7, 11) is 0. The Labute approximate surface area is 102 Å². The fraction of sp³-hybridized carbons (Fsp3) is 0.273. The molecule has 0 saturated carbocycles. The highest BCUT2D eigenvalue weighted by molar-refractivity contribution is 5.96. The maximum atomic E-state index is 11.5. The van der Waals surface area contributed by atoms with Crippen molar-refractivity contribution in [3.8, 4) is 0 Å². The predicted octanol–water partition coefficient (Wildman–Crippen LogP) is 0.222. The number of hydrogen-bond acceptors (Lipinski definition) is 4. The number of rotatable bonds is 3. The number of aromatic nitrogens is 1. The zero-order chi connectivity index (χ0) is 13.1. The Morgan fingerprint density at radius 3 is 2.94 bits per heavy atom. The van der Waals surface area contributed by atoms with E-state index in [9.17, 15) is 14.4 Å². The minimum atomic E-state index is -1.07. The predicted molar refractivity (Wildman–Crippen MR) is 59.8 cm³/mol. The van der Waals surface area contributed by atoms with Crippen LogP contribution in [0.25, 0.3) is 0 Å². The Kier molecular flexibility index (Phi) is 3.22. The van der Waals surface area contributed by atoms with E-state index in [1.807, 2.05) is 0 Å². The van der Waals surface area contributed by atoms with Crippen molar-refractivity contribution in [2.24, 2.45) is 0 Å². The molecule has 1 aromatic rings. The quantitative estimate of drug-likeness (QED) is 0.798. The van der Waals surface area contributed by atoms with Gasteiger partial charge in [-0.25, -0.2) is 9.59 Å². The highest BCUT2D eigenvalue weighted by atomic mass is 16.4. The molecule has 0 atom stereocenters. The third-order valence-corrected chi connectivity index (χ3v) is 2.64. The van der Waals surface area contributed by atoms with Crippen LogP contribution in [0.15, 0.2) is 18.5 Å². The smallest absolute Gasteiger partial charge is 0.336 e. The highest BCUT2D eigenvalue weighted by Gasteiger charge is 2.24. The number of hydrogen-bond donors (Lipinski definition) is 2. The van der Waals surface area contributed by atoms with Crippen LogP contribution in [0, 0.1) is 0 Å². The van der Waals surface area contributed by atoms with Crippen molar-refractivity contribution in [1.82, 2.24) is 15.2 Å². The number of urea groups is 1.